The minimum atomic E-state index is 0.756. The highest BCUT2D eigenvalue weighted by molar-refractivity contribution is 5.97. The maximum absolute atomic E-state index is 4.61. The quantitative estimate of drug-likeness (QED) is 0.554. The first-order valence-corrected chi connectivity index (χ1v) is 9.43. The van der Waals surface area contributed by atoms with Crippen LogP contribution in [0.2, 0.25) is 0 Å². The average molecular weight is 371 g/mol. The number of aromatic nitrogens is 3. The molecule has 0 atom stereocenters. The van der Waals surface area contributed by atoms with Crippen LogP contribution in [0, 0.1) is 0 Å². The van der Waals surface area contributed by atoms with Crippen LogP contribution in [0.5, 0.6) is 0 Å². The predicted molar refractivity (Wildman–Crippen MR) is 117 cm³/mol. The molecule has 5 heteroatoms. The zero-order chi connectivity index (χ0) is 19.7. The van der Waals surface area contributed by atoms with Crippen LogP contribution in [0.15, 0.2) is 66.8 Å². The zero-order valence-electron chi connectivity index (χ0n) is 16.8. The number of nitrogens with one attached hydrogen (secondary N) is 1. The highest BCUT2D eigenvalue weighted by atomic mass is 15.1. The van der Waals surface area contributed by atoms with Crippen LogP contribution in [-0.2, 0) is 7.05 Å². The van der Waals surface area contributed by atoms with E-state index in [1.807, 2.05) is 0 Å². The smallest absolute Gasteiger partial charge is 0.0966 e. The van der Waals surface area contributed by atoms with E-state index in [4.69, 9.17) is 0 Å². The second-order valence-corrected chi connectivity index (χ2v) is 7.18. The van der Waals surface area contributed by atoms with E-state index >= 15 is 0 Å². The predicted octanol–water partition coefficient (Wildman–Crippen LogP) is 4.67. The molecule has 0 saturated heterocycles. The van der Waals surface area contributed by atoms with E-state index in [-0.39, 0.29) is 0 Å². The van der Waals surface area contributed by atoms with Crippen molar-refractivity contribution in [3.8, 4) is 11.1 Å². The Bertz CT molecular complexity index is 1170. The number of likely N-dealkylation sites (N-methyl/N-ethyl adjacent to an activating group) is 1. The summed E-state index contributed by atoms with van der Waals surface area (Å²) in [5, 5.41) is 4.78. The molecule has 5 nitrogen and oxygen atoms in total. The summed E-state index contributed by atoms with van der Waals surface area (Å²) in [6.07, 6.45) is 7.71. The number of nitrogens with zero attached hydrogens (tertiary/aromatic N) is 4. The average Bonchev–Trinajstić information content (AvgIpc) is 3.08. The van der Waals surface area contributed by atoms with Crippen molar-refractivity contribution >= 4 is 27.6 Å². The molecule has 28 heavy (non-hydrogen) atoms. The van der Waals surface area contributed by atoms with Gasteiger partial charge in [0.15, 0.2) is 0 Å². The fraction of sp³-hybridized carbons (Fsp3) is 0.217. The SMILES string of the molecule is C/C=C(/CNc1cc(-c2ccc3ccn(C)c3c2)c2nccnc2c1)N(C)C. The van der Waals surface area contributed by atoms with Crippen molar-refractivity contribution in [1.82, 2.24) is 19.4 Å². The number of aryl methyl sites for hydroxylation is 1. The maximum atomic E-state index is 4.61. The van der Waals surface area contributed by atoms with E-state index in [0.717, 1.165) is 34.4 Å². The van der Waals surface area contributed by atoms with E-state index in [1.54, 1.807) is 12.4 Å². The van der Waals surface area contributed by atoms with Gasteiger partial charge in [0.25, 0.3) is 0 Å². The number of anilines is 1. The van der Waals surface area contributed by atoms with Gasteiger partial charge in [0, 0.05) is 62.2 Å². The fourth-order valence-electron chi connectivity index (χ4n) is 3.54. The minimum Gasteiger partial charge on any atom is -0.380 e. The van der Waals surface area contributed by atoms with Crippen LogP contribution in [0.25, 0.3) is 33.1 Å². The van der Waals surface area contributed by atoms with Gasteiger partial charge in [0.2, 0.25) is 0 Å². The summed E-state index contributed by atoms with van der Waals surface area (Å²) >= 11 is 0. The monoisotopic (exact) mass is 371 g/mol. The standard InChI is InChI=1S/C23H25N5/c1-5-19(27(2)3)15-26-18-13-20(23-21(14-18)24-9-10-25-23)17-7-6-16-8-11-28(4)22(16)12-17/h5-14,26H,15H2,1-4H3/b19-5-. The first-order chi connectivity index (χ1) is 13.6. The molecule has 0 aliphatic heterocycles. The lowest BCUT2D eigenvalue weighted by atomic mass is 10.0. The molecule has 0 unspecified atom stereocenters. The third-order valence-electron chi connectivity index (χ3n) is 5.15. The van der Waals surface area contributed by atoms with Gasteiger partial charge in [0.05, 0.1) is 17.6 Å². The highest BCUT2D eigenvalue weighted by Crippen LogP contribution is 2.32. The first-order valence-electron chi connectivity index (χ1n) is 9.43. The summed E-state index contributed by atoms with van der Waals surface area (Å²) in [7, 11) is 6.19. The summed E-state index contributed by atoms with van der Waals surface area (Å²) in [4.78, 5) is 11.3. The molecule has 0 radical (unpaired) electrons. The van der Waals surface area contributed by atoms with E-state index in [9.17, 15) is 0 Å². The molecule has 0 bridgehead atoms. The lowest BCUT2D eigenvalue weighted by Gasteiger charge is -2.18. The van der Waals surface area contributed by atoms with Crippen molar-refractivity contribution in [2.75, 3.05) is 26.0 Å². The molecule has 2 aromatic carbocycles. The topological polar surface area (TPSA) is 46.0 Å². The highest BCUT2D eigenvalue weighted by Gasteiger charge is 2.11. The third kappa shape index (κ3) is 3.31. The van der Waals surface area contributed by atoms with Gasteiger partial charge in [-0.25, -0.2) is 0 Å². The van der Waals surface area contributed by atoms with Gasteiger partial charge in [0.1, 0.15) is 0 Å². The van der Waals surface area contributed by atoms with Crippen molar-refractivity contribution in [2.24, 2.45) is 7.05 Å². The number of rotatable bonds is 5. The van der Waals surface area contributed by atoms with E-state index in [1.165, 1.54) is 16.6 Å². The summed E-state index contributed by atoms with van der Waals surface area (Å²) < 4.78 is 2.14. The second kappa shape index (κ2) is 7.35. The van der Waals surface area contributed by atoms with Crippen molar-refractivity contribution in [3.05, 3.63) is 66.8 Å². The van der Waals surface area contributed by atoms with Gasteiger partial charge in [-0.15, -0.1) is 0 Å². The van der Waals surface area contributed by atoms with Crippen LogP contribution in [0.4, 0.5) is 5.69 Å². The Morgan fingerprint density at radius 2 is 1.93 bits per heavy atom. The lowest BCUT2D eigenvalue weighted by molar-refractivity contribution is 0.506. The van der Waals surface area contributed by atoms with Crippen LogP contribution in [0.1, 0.15) is 6.92 Å². The van der Waals surface area contributed by atoms with Crippen molar-refractivity contribution < 1.29 is 0 Å². The molecule has 4 aromatic rings. The van der Waals surface area contributed by atoms with Gasteiger partial charge in [-0.2, -0.15) is 0 Å². The molecule has 2 heterocycles. The normalized spacial score (nSPS) is 11.9. The largest absolute Gasteiger partial charge is 0.380 e. The first kappa shape index (κ1) is 18.0. The molecule has 0 saturated carbocycles. The molecule has 2 aromatic heterocycles. The number of hydrogen-bond acceptors (Lipinski definition) is 4. The molecule has 142 valence electrons. The Balaban J connectivity index is 1.80. The number of hydrogen-bond donors (Lipinski definition) is 1. The van der Waals surface area contributed by atoms with E-state index in [0.29, 0.717) is 0 Å². The molecular weight excluding hydrogens is 346 g/mol. The maximum Gasteiger partial charge on any atom is 0.0966 e. The molecule has 0 aliphatic rings. The Labute approximate surface area is 165 Å². The van der Waals surface area contributed by atoms with Crippen molar-refractivity contribution in [1.29, 1.82) is 0 Å². The summed E-state index contributed by atoms with van der Waals surface area (Å²) in [5.41, 5.74) is 7.51. The number of fused-ring (bicyclic) bond motifs is 2. The molecular formula is C23H25N5. The minimum absolute atomic E-state index is 0.756. The van der Waals surface area contributed by atoms with Crippen LogP contribution < -0.4 is 5.32 Å². The zero-order valence-corrected chi connectivity index (χ0v) is 16.8. The van der Waals surface area contributed by atoms with Crippen molar-refractivity contribution in [2.45, 2.75) is 6.92 Å². The summed E-state index contributed by atoms with van der Waals surface area (Å²) in [6, 6.07) is 12.9. The molecule has 4 rings (SSSR count). The fourth-order valence-corrected chi connectivity index (χ4v) is 3.54. The van der Waals surface area contributed by atoms with E-state index in [2.05, 4.69) is 101 Å². The Morgan fingerprint density at radius 3 is 2.71 bits per heavy atom. The molecule has 0 aliphatic carbocycles. The molecule has 0 amide bonds. The Morgan fingerprint density at radius 1 is 1.11 bits per heavy atom. The molecule has 0 spiro atoms. The van der Waals surface area contributed by atoms with Gasteiger partial charge >= 0.3 is 0 Å². The third-order valence-corrected chi connectivity index (χ3v) is 5.15. The lowest BCUT2D eigenvalue weighted by Crippen LogP contribution is -2.18. The molecule has 0 fully saturated rings. The Kier molecular flexibility index (Phi) is 4.74. The number of benzene rings is 2. The van der Waals surface area contributed by atoms with Gasteiger partial charge < -0.3 is 14.8 Å². The van der Waals surface area contributed by atoms with Crippen molar-refractivity contribution in [3.63, 3.8) is 0 Å². The van der Waals surface area contributed by atoms with Crippen LogP contribution >= 0.6 is 0 Å². The molecule has 1 N–H and O–H groups in total. The van der Waals surface area contributed by atoms with Gasteiger partial charge in [-0.05, 0) is 42.1 Å². The second-order valence-electron chi connectivity index (χ2n) is 7.18. The Hall–Kier alpha value is -3.34. The summed E-state index contributed by atoms with van der Waals surface area (Å²) in [5.74, 6) is 0. The number of allylic oxidation sites excluding steroid dienone is 1. The summed E-state index contributed by atoms with van der Waals surface area (Å²) in [6.45, 7) is 2.81. The van der Waals surface area contributed by atoms with Crippen LogP contribution in [-0.4, -0.2) is 40.1 Å². The van der Waals surface area contributed by atoms with Crippen LogP contribution in [0.3, 0.4) is 0 Å². The van der Waals surface area contributed by atoms with Gasteiger partial charge in [-0.1, -0.05) is 18.2 Å². The van der Waals surface area contributed by atoms with E-state index < -0.39 is 0 Å². The van der Waals surface area contributed by atoms with Gasteiger partial charge in [-0.3, -0.25) is 9.97 Å².